The van der Waals surface area contributed by atoms with E-state index in [-0.39, 0.29) is 6.07 Å². The summed E-state index contributed by atoms with van der Waals surface area (Å²) in [4.78, 5) is 0. The lowest BCUT2D eigenvalue weighted by Gasteiger charge is -2.16. The first kappa shape index (κ1) is 14.1. The van der Waals surface area contributed by atoms with Crippen molar-refractivity contribution in [2.45, 2.75) is 18.2 Å². The van der Waals surface area contributed by atoms with Crippen LogP contribution in [0.3, 0.4) is 0 Å². The molecule has 96 valence electrons. The van der Waals surface area contributed by atoms with Crippen LogP contribution in [0.5, 0.6) is 0 Å². The Bertz CT molecular complexity index is 419. The third kappa shape index (κ3) is 2.83. The molecule has 0 radical (unpaired) electrons. The van der Waals surface area contributed by atoms with E-state index in [9.17, 15) is 30.7 Å². The van der Waals surface area contributed by atoms with Gasteiger partial charge in [0, 0.05) is 5.88 Å². The van der Waals surface area contributed by atoms with Crippen molar-refractivity contribution in [3.63, 3.8) is 0 Å². The molecule has 0 amide bonds. The van der Waals surface area contributed by atoms with E-state index >= 15 is 0 Å². The van der Waals surface area contributed by atoms with Gasteiger partial charge >= 0.3 is 12.4 Å². The summed E-state index contributed by atoms with van der Waals surface area (Å²) in [6.07, 6.45) is -10.4. The van der Waals surface area contributed by atoms with Gasteiger partial charge in [0.15, 0.2) is 0 Å². The molecule has 0 saturated heterocycles. The molecule has 17 heavy (non-hydrogen) atoms. The van der Waals surface area contributed by atoms with Crippen molar-refractivity contribution in [3.05, 3.63) is 34.6 Å². The second-order valence-corrected chi connectivity index (χ2v) is 3.36. The number of hydrogen-bond donors (Lipinski definition) is 0. The Balaban J connectivity index is 3.55. The Kier molecular flexibility index (Phi) is 3.61. The summed E-state index contributed by atoms with van der Waals surface area (Å²) in [6, 6.07) is 0.754. The molecule has 0 bridgehead atoms. The molecule has 8 heteroatoms. The second-order valence-electron chi connectivity index (χ2n) is 3.09. The lowest BCUT2D eigenvalue weighted by atomic mass is 10.0. The molecule has 0 aromatic heterocycles. The molecule has 0 N–H and O–H groups in total. The molecule has 0 aliphatic carbocycles. The zero-order valence-electron chi connectivity index (χ0n) is 7.89. The minimum atomic E-state index is -5.23. The molecule has 0 nitrogen and oxygen atoms in total. The van der Waals surface area contributed by atoms with E-state index < -0.39 is 40.7 Å². The monoisotopic (exact) mass is 280 g/mol. The maximum atomic E-state index is 13.2. The number of halogens is 8. The lowest BCUT2D eigenvalue weighted by molar-refractivity contribution is -0.148. The van der Waals surface area contributed by atoms with Crippen LogP contribution >= 0.6 is 11.6 Å². The molecule has 1 aromatic carbocycles. The average Bonchev–Trinajstić information content (AvgIpc) is 2.12. The summed E-state index contributed by atoms with van der Waals surface area (Å²) in [5.74, 6) is -3.08. The number of benzene rings is 1. The van der Waals surface area contributed by atoms with Crippen molar-refractivity contribution in [3.8, 4) is 0 Å². The van der Waals surface area contributed by atoms with E-state index in [1.165, 1.54) is 0 Å². The highest BCUT2D eigenvalue weighted by Crippen LogP contribution is 2.40. The summed E-state index contributed by atoms with van der Waals surface area (Å²) < 4.78 is 87.0. The molecule has 1 aromatic rings. The maximum absolute atomic E-state index is 13.2. The van der Waals surface area contributed by atoms with Gasteiger partial charge in [-0.3, -0.25) is 0 Å². The van der Waals surface area contributed by atoms with Gasteiger partial charge in [-0.15, -0.1) is 11.6 Å². The van der Waals surface area contributed by atoms with Crippen molar-refractivity contribution in [1.29, 1.82) is 0 Å². The lowest BCUT2D eigenvalue weighted by Crippen LogP contribution is -2.17. The van der Waals surface area contributed by atoms with Crippen molar-refractivity contribution in [1.82, 2.24) is 0 Å². The normalized spacial score (nSPS) is 12.9. The van der Waals surface area contributed by atoms with E-state index in [1.54, 1.807) is 0 Å². The Morgan fingerprint density at radius 3 is 1.82 bits per heavy atom. The Hall–Kier alpha value is -0.980. The fourth-order valence-corrected chi connectivity index (χ4v) is 1.48. The highest BCUT2D eigenvalue weighted by atomic mass is 35.5. The van der Waals surface area contributed by atoms with Gasteiger partial charge in [0.25, 0.3) is 0 Å². The first-order valence-electron chi connectivity index (χ1n) is 4.10. The highest BCUT2D eigenvalue weighted by Gasteiger charge is 2.42. The van der Waals surface area contributed by atoms with Gasteiger partial charge in [-0.05, 0) is 11.6 Å². The van der Waals surface area contributed by atoms with Crippen LogP contribution < -0.4 is 0 Å². The van der Waals surface area contributed by atoms with Gasteiger partial charge in [-0.2, -0.15) is 26.3 Å². The van der Waals surface area contributed by atoms with Gasteiger partial charge in [0.1, 0.15) is 5.82 Å². The van der Waals surface area contributed by atoms with Crippen LogP contribution in [0.15, 0.2) is 12.1 Å². The largest absolute Gasteiger partial charge is 0.419 e. The van der Waals surface area contributed by atoms with E-state index in [0.717, 1.165) is 0 Å². The van der Waals surface area contributed by atoms with Gasteiger partial charge in [-0.25, -0.2) is 4.39 Å². The van der Waals surface area contributed by atoms with Crippen LogP contribution in [0.1, 0.15) is 16.7 Å². The summed E-state index contributed by atoms with van der Waals surface area (Å²) in [7, 11) is 0. The minimum Gasteiger partial charge on any atom is -0.206 e. The van der Waals surface area contributed by atoms with E-state index in [0.29, 0.717) is 6.07 Å². The third-order valence-electron chi connectivity index (χ3n) is 1.96. The number of rotatable bonds is 1. The van der Waals surface area contributed by atoms with E-state index in [2.05, 4.69) is 0 Å². The molecule has 0 aliphatic heterocycles. The predicted molar refractivity (Wildman–Crippen MR) is 46.0 cm³/mol. The van der Waals surface area contributed by atoms with Crippen molar-refractivity contribution < 1.29 is 30.7 Å². The zero-order chi connectivity index (χ0) is 13.4. The van der Waals surface area contributed by atoms with E-state index in [4.69, 9.17) is 11.6 Å². The summed E-state index contributed by atoms with van der Waals surface area (Å²) >= 11 is 5.13. The average molecular weight is 281 g/mol. The van der Waals surface area contributed by atoms with E-state index in [1.807, 2.05) is 0 Å². The van der Waals surface area contributed by atoms with Crippen LogP contribution in [0.4, 0.5) is 30.7 Å². The Morgan fingerprint density at radius 2 is 1.47 bits per heavy atom. The summed E-state index contributed by atoms with van der Waals surface area (Å²) in [6.45, 7) is 0. The first-order valence-corrected chi connectivity index (χ1v) is 4.64. The van der Waals surface area contributed by atoms with Crippen molar-refractivity contribution in [2.24, 2.45) is 0 Å². The molecule has 0 fully saturated rings. The number of hydrogen-bond acceptors (Lipinski definition) is 0. The van der Waals surface area contributed by atoms with Crippen LogP contribution in [-0.2, 0) is 18.2 Å². The standard InChI is InChI=1S/C9H4ClF7/c10-3-4-1-2-5(8(12,13)14)7(11)6(4)9(15,16)17/h1-2H,3H2. The van der Waals surface area contributed by atoms with Crippen LogP contribution in [0.2, 0.25) is 0 Å². The molecule has 0 heterocycles. The Labute approximate surface area is 96.0 Å². The molecular weight excluding hydrogens is 277 g/mol. The smallest absolute Gasteiger partial charge is 0.206 e. The number of alkyl halides is 7. The van der Waals surface area contributed by atoms with Crippen molar-refractivity contribution in [2.75, 3.05) is 0 Å². The topological polar surface area (TPSA) is 0 Å². The van der Waals surface area contributed by atoms with Crippen LogP contribution in [-0.4, -0.2) is 0 Å². The van der Waals surface area contributed by atoms with Gasteiger partial charge < -0.3 is 0 Å². The predicted octanol–water partition coefficient (Wildman–Crippen LogP) is 4.60. The molecule has 1 rings (SSSR count). The van der Waals surface area contributed by atoms with Crippen molar-refractivity contribution >= 4 is 11.6 Å². The maximum Gasteiger partial charge on any atom is 0.419 e. The first-order chi connectivity index (χ1) is 7.59. The molecule has 0 unspecified atom stereocenters. The zero-order valence-corrected chi connectivity index (χ0v) is 8.64. The molecule has 0 saturated carbocycles. The third-order valence-corrected chi connectivity index (χ3v) is 2.25. The van der Waals surface area contributed by atoms with Crippen LogP contribution in [0.25, 0.3) is 0 Å². The quantitative estimate of drug-likeness (QED) is 0.521. The minimum absolute atomic E-state index is 0.238. The Morgan fingerprint density at radius 1 is 0.941 bits per heavy atom. The van der Waals surface area contributed by atoms with Gasteiger partial charge in [-0.1, -0.05) is 6.07 Å². The molecular formula is C9H4ClF7. The molecule has 0 aliphatic rings. The highest BCUT2D eigenvalue weighted by molar-refractivity contribution is 6.17. The van der Waals surface area contributed by atoms with Crippen LogP contribution in [0, 0.1) is 5.82 Å². The summed E-state index contributed by atoms with van der Waals surface area (Å²) in [5.41, 5.74) is -4.66. The van der Waals surface area contributed by atoms with Gasteiger partial charge in [0.2, 0.25) is 0 Å². The van der Waals surface area contributed by atoms with Gasteiger partial charge in [0.05, 0.1) is 11.1 Å². The summed E-state index contributed by atoms with van der Waals surface area (Å²) in [5, 5.41) is 0. The molecule has 0 atom stereocenters. The fraction of sp³-hybridized carbons (Fsp3) is 0.333. The second kappa shape index (κ2) is 4.36. The fourth-order valence-electron chi connectivity index (χ4n) is 1.25. The molecule has 0 spiro atoms. The SMILES string of the molecule is Fc1c(C(F)(F)F)ccc(CCl)c1C(F)(F)F.